The van der Waals surface area contributed by atoms with Crippen molar-refractivity contribution >= 4 is 29.4 Å². The van der Waals surface area contributed by atoms with Crippen LogP contribution in [0.2, 0.25) is 5.02 Å². The SMILES string of the molecule is Cc1cc(C)nc(NC(=NCCc2cnc[nH]2)NC(=O)c2ccccc2Cl)n1. The summed E-state index contributed by atoms with van der Waals surface area (Å²) in [6.45, 7) is 4.17. The van der Waals surface area contributed by atoms with Gasteiger partial charge < -0.3 is 4.98 Å². The molecule has 3 rings (SSSR count). The molecule has 0 spiro atoms. The number of aromatic nitrogens is 4. The monoisotopic (exact) mass is 397 g/mol. The summed E-state index contributed by atoms with van der Waals surface area (Å²) in [4.78, 5) is 32.7. The van der Waals surface area contributed by atoms with Crippen LogP contribution in [0.15, 0.2) is 47.8 Å². The van der Waals surface area contributed by atoms with Crippen molar-refractivity contribution in [1.82, 2.24) is 25.3 Å². The minimum atomic E-state index is -0.372. The molecule has 0 aliphatic carbocycles. The molecule has 144 valence electrons. The van der Waals surface area contributed by atoms with E-state index in [1.807, 2.05) is 19.9 Å². The van der Waals surface area contributed by atoms with E-state index in [4.69, 9.17) is 11.6 Å². The van der Waals surface area contributed by atoms with Crippen molar-refractivity contribution in [2.45, 2.75) is 20.3 Å². The predicted octanol–water partition coefficient (Wildman–Crippen LogP) is 2.91. The van der Waals surface area contributed by atoms with Gasteiger partial charge in [0.2, 0.25) is 11.9 Å². The van der Waals surface area contributed by atoms with Gasteiger partial charge in [0.15, 0.2) is 0 Å². The molecule has 0 aliphatic rings. The lowest BCUT2D eigenvalue weighted by Gasteiger charge is -2.12. The zero-order valence-corrected chi connectivity index (χ0v) is 16.3. The average Bonchev–Trinajstić information content (AvgIpc) is 3.14. The number of rotatable bonds is 5. The summed E-state index contributed by atoms with van der Waals surface area (Å²) in [6.07, 6.45) is 3.99. The van der Waals surface area contributed by atoms with Gasteiger partial charge in [-0.1, -0.05) is 23.7 Å². The van der Waals surface area contributed by atoms with Crippen LogP contribution in [0.1, 0.15) is 27.4 Å². The summed E-state index contributed by atoms with van der Waals surface area (Å²) in [6, 6.07) is 8.68. The van der Waals surface area contributed by atoms with Crippen LogP contribution in [0, 0.1) is 13.8 Å². The highest BCUT2D eigenvalue weighted by molar-refractivity contribution is 6.34. The minimum absolute atomic E-state index is 0.245. The summed E-state index contributed by atoms with van der Waals surface area (Å²) in [7, 11) is 0. The maximum Gasteiger partial charge on any atom is 0.259 e. The van der Waals surface area contributed by atoms with Gasteiger partial charge in [0.25, 0.3) is 5.91 Å². The number of nitrogens with zero attached hydrogens (tertiary/aromatic N) is 4. The number of anilines is 1. The summed E-state index contributed by atoms with van der Waals surface area (Å²) in [5, 5.41) is 6.10. The van der Waals surface area contributed by atoms with Gasteiger partial charge in [0.05, 0.1) is 16.9 Å². The average molecular weight is 398 g/mol. The molecule has 28 heavy (non-hydrogen) atoms. The fraction of sp³-hybridized carbons (Fsp3) is 0.211. The van der Waals surface area contributed by atoms with Crippen molar-refractivity contribution in [3.8, 4) is 0 Å². The number of nitrogens with one attached hydrogen (secondary N) is 3. The van der Waals surface area contributed by atoms with Gasteiger partial charge >= 0.3 is 0 Å². The van der Waals surface area contributed by atoms with Crippen molar-refractivity contribution in [2.24, 2.45) is 4.99 Å². The van der Waals surface area contributed by atoms with E-state index in [2.05, 4.69) is 35.6 Å². The van der Waals surface area contributed by atoms with E-state index in [9.17, 15) is 4.79 Å². The Labute approximate surface area is 167 Å². The van der Waals surface area contributed by atoms with Gasteiger partial charge in [-0.2, -0.15) is 0 Å². The van der Waals surface area contributed by atoms with Crippen molar-refractivity contribution in [3.05, 3.63) is 70.5 Å². The first kappa shape index (κ1) is 19.5. The van der Waals surface area contributed by atoms with E-state index in [1.54, 1.807) is 36.8 Å². The highest BCUT2D eigenvalue weighted by Gasteiger charge is 2.13. The number of hydrogen-bond donors (Lipinski definition) is 3. The number of aliphatic imine (C=N–C) groups is 1. The van der Waals surface area contributed by atoms with Gasteiger partial charge in [-0.25, -0.2) is 15.0 Å². The number of imidazole rings is 1. The zero-order valence-electron chi connectivity index (χ0n) is 15.5. The van der Waals surface area contributed by atoms with E-state index in [0.717, 1.165) is 17.1 Å². The lowest BCUT2D eigenvalue weighted by Crippen LogP contribution is -2.37. The molecule has 0 radical (unpaired) electrons. The van der Waals surface area contributed by atoms with Crippen LogP contribution < -0.4 is 10.6 Å². The second-order valence-corrected chi connectivity index (χ2v) is 6.50. The molecule has 1 aromatic carbocycles. The normalized spacial score (nSPS) is 11.3. The Balaban J connectivity index is 1.78. The van der Waals surface area contributed by atoms with Gasteiger partial charge in [-0.15, -0.1) is 0 Å². The third kappa shape index (κ3) is 5.37. The van der Waals surface area contributed by atoms with Crippen molar-refractivity contribution in [3.63, 3.8) is 0 Å². The Bertz CT molecular complexity index is 965. The van der Waals surface area contributed by atoms with Crippen molar-refractivity contribution in [2.75, 3.05) is 11.9 Å². The Kier molecular flexibility index (Phi) is 6.33. The molecule has 2 heterocycles. The number of hydrogen-bond acceptors (Lipinski definition) is 5. The van der Waals surface area contributed by atoms with Gasteiger partial charge in [0, 0.05) is 36.2 Å². The second-order valence-electron chi connectivity index (χ2n) is 6.09. The zero-order chi connectivity index (χ0) is 19.9. The lowest BCUT2D eigenvalue weighted by molar-refractivity contribution is 0.0977. The first-order valence-corrected chi connectivity index (χ1v) is 9.06. The number of halogens is 1. The summed E-state index contributed by atoms with van der Waals surface area (Å²) < 4.78 is 0. The molecule has 0 bridgehead atoms. The lowest BCUT2D eigenvalue weighted by atomic mass is 10.2. The van der Waals surface area contributed by atoms with Crippen molar-refractivity contribution in [1.29, 1.82) is 0 Å². The largest absolute Gasteiger partial charge is 0.348 e. The molecule has 9 heteroatoms. The first-order valence-electron chi connectivity index (χ1n) is 8.68. The molecule has 3 N–H and O–H groups in total. The minimum Gasteiger partial charge on any atom is -0.348 e. The summed E-state index contributed by atoms with van der Waals surface area (Å²) in [5.41, 5.74) is 2.92. The fourth-order valence-corrected chi connectivity index (χ4v) is 2.75. The Morgan fingerprint density at radius 3 is 2.64 bits per heavy atom. The van der Waals surface area contributed by atoms with E-state index in [0.29, 0.717) is 29.5 Å². The topological polar surface area (TPSA) is 108 Å². The Morgan fingerprint density at radius 1 is 1.21 bits per heavy atom. The molecule has 1 amide bonds. The highest BCUT2D eigenvalue weighted by atomic mass is 35.5. The number of aryl methyl sites for hydroxylation is 2. The number of guanidine groups is 1. The van der Waals surface area contributed by atoms with Crippen LogP contribution in [-0.4, -0.2) is 38.3 Å². The number of carbonyl (C=O) groups is 1. The van der Waals surface area contributed by atoms with E-state index < -0.39 is 0 Å². The van der Waals surface area contributed by atoms with E-state index in [1.165, 1.54) is 0 Å². The summed E-state index contributed by atoms with van der Waals surface area (Å²) >= 11 is 6.12. The maximum atomic E-state index is 12.6. The molecule has 0 fully saturated rings. The molecule has 0 unspecified atom stereocenters. The van der Waals surface area contributed by atoms with Crippen LogP contribution in [0.5, 0.6) is 0 Å². The molecular weight excluding hydrogens is 378 g/mol. The molecule has 0 saturated heterocycles. The molecule has 0 aliphatic heterocycles. The second kappa shape index (κ2) is 9.09. The Hall–Kier alpha value is -3.26. The molecule has 2 aromatic heterocycles. The maximum absolute atomic E-state index is 12.6. The van der Waals surface area contributed by atoms with Crippen molar-refractivity contribution < 1.29 is 4.79 Å². The fourth-order valence-electron chi connectivity index (χ4n) is 2.53. The smallest absolute Gasteiger partial charge is 0.259 e. The van der Waals surface area contributed by atoms with Crippen LogP contribution in [0.4, 0.5) is 5.95 Å². The van der Waals surface area contributed by atoms with Crippen LogP contribution in [0.3, 0.4) is 0 Å². The number of benzene rings is 1. The number of H-pyrrole nitrogens is 1. The molecule has 8 nitrogen and oxygen atoms in total. The number of carbonyl (C=O) groups excluding carboxylic acids is 1. The van der Waals surface area contributed by atoms with Gasteiger partial charge in [-0.3, -0.25) is 20.4 Å². The van der Waals surface area contributed by atoms with Gasteiger partial charge in [0.1, 0.15) is 0 Å². The highest BCUT2D eigenvalue weighted by Crippen LogP contribution is 2.14. The molecule has 0 atom stereocenters. The van der Waals surface area contributed by atoms with Gasteiger partial charge in [-0.05, 0) is 32.0 Å². The molecular formula is C19H20ClN7O. The van der Waals surface area contributed by atoms with E-state index in [-0.39, 0.29) is 11.9 Å². The Morgan fingerprint density at radius 2 is 1.96 bits per heavy atom. The van der Waals surface area contributed by atoms with Crippen LogP contribution >= 0.6 is 11.6 Å². The van der Waals surface area contributed by atoms with Crippen LogP contribution in [-0.2, 0) is 6.42 Å². The quantitative estimate of drug-likeness (QED) is 0.453. The van der Waals surface area contributed by atoms with Crippen LogP contribution in [0.25, 0.3) is 0 Å². The third-order valence-corrected chi connectivity index (χ3v) is 4.10. The standard InChI is InChI=1S/C19H20ClN7O/c1-12-9-13(2)25-19(24-12)27-18(22-8-7-14-10-21-11-23-14)26-17(28)15-5-3-4-6-16(15)20/h3-6,9-11H,7-8H2,1-2H3,(H,21,23)(H2,22,24,25,26,27,28). The molecule has 0 saturated carbocycles. The first-order chi connectivity index (χ1) is 13.5. The molecule has 3 aromatic rings. The number of amides is 1. The third-order valence-electron chi connectivity index (χ3n) is 3.77. The number of aromatic amines is 1. The van der Waals surface area contributed by atoms with E-state index >= 15 is 0 Å². The predicted molar refractivity (Wildman–Crippen MR) is 109 cm³/mol. The summed E-state index contributed by atoms with van der Waals surface area (Å²) in [5.74, 6) is 0.231.